The first-order chi connectivity index (χ1) is 7.42. The zero-order chi connectivity index (χ0) is 12.3. The molecule has 0 spiro atoms. The minimum atomic E-state index is -0.423. The summed E-state index contributed by atoms with van der Waals surface area (Å²) in [4.78, 5) is 6.11. The molecule has 0 aliphatic rings. The van der Waals surface area contributed by atoms with E-state index in [9.17, 15) is 5.11 Å². The fraction of sp³-hybridized carbons (Fsp3) is 0.545. The molecule has 5 nitrogen and oxygen atoms in total. The molecule has 0 fully saturated rings. The van der Waals surface area contributed by atoms with Crippen molar-refractivity contribution in [2.45, 2.75) is 19.4 Å². The number of hydrogen-bond donors (Lipinski definition) is 2. The summed E-state index contributed by atoms with van der Waals surface area (Å²) in [5.74, 6) is 1.11. The van der Waals surface area contributed by atoms with Crippen molar-refractivity contribution in [2.75, 3.05) is 31.4 Å². The van der Waals surface area contributed by atoms with Gasteiger partial charge in [-0.3, -0.25) is 0 Å². The summed E-state index contributed by atoms with van der Waals surface area (Å²) in [5.41, 5.74) is 5.99. The van der Waals surface area contributed by atoms with E-state index in [0.717, 1.165) is 0 Å². The van der Waals surface area contributed by atoms with E-state index in [1.807, 2.05) is 25.8 Å². The molecule has 5 heteroatoms. The van der Waals surface area contributed by atoms with Crippen LogP contribution < -0.4 is 15.4 Å². The van der Waals surface area contributed by atoms with E-state index in [1.165, 1.54) is 0 Å². The lowest BCUT2D eigenvalue weighted by Crippen LogP contribution is -2.45. The normalized spacial score (nSPS) is 11.3. The van der Waals surface area contributed by atoms with Crippen LogP contribution in [0.4, 0.5) is 11.5 Å². The van der Waals surface area contributed by atoms with Crippen molar-refractivity contribution in [2.24, 2.45) is 0 Å². The highest BCUT2D eigenvalue weighted by Gasteiger charge is 2.25. The maximum atomic E-state index is 9.30. The van der Waals surface area contributed by atoms with Crippen molar-refractivity contribution in [1.29, 1.82) is 0 Å². The first kappa shape index (κ1) is 12.6. The van der Waals surface area contributed by atoms with E-state index < -0.39 is 5.54 Å². The predicted octanol–water partition coefficient (Wildman–Crippen LogP) is 0.879. The number of nitrogens with two attached hydrogens (primary N) is 1. The molecule has 0 bridgehead atoms. The van der Waals surface area contributed by atoms with Crippen LogP contribution >= 0.6 is 0 Å². The number of ether oxygens (including phenoxy) is 1. The molecule has 1 aromatic heterocycles. The third-order valence-electron chi connectivity index (χ3n) is 2.70. The van der Waals surface area contributed by atoms with Crippen LogP contribution in [0.2, 0.25) is 0 Å². The minimum absolute atomic E-state index is 0.0157. The molecule has 90 valence electrons. The number of nitrogen functional groups attached to an aromatic ring is 1. The van der Waals surface area contributed by atoms with Gasteiger partial charge >= 0.3 is 0 Å². The molecule has 0 radical (unpaired) electrons. The average Bonchev–Trinajstić information content (AvgIpc) is 2.29. The molecule has 1 rings (SSSR count). The summed E-state index contributed by atoms with van der Waals surface area (Å²) in [6, 6.07) is 3.45. The number of nitrogens with zero attached hydrogens (tertiary/aromatic N) is 2. The van der Waals surface area contributed by atoms with Crippen LogP contribution in [0, 0.1) is 0 Å². The SMILES string of the molecule is COc1ccc(N)c(N(C)C(C)(C)CO)n1. The molecule has 16 heavy (non-hydrogen) atoms. The lowest BCUT2D eigenvalue weighted by Gasteiger charge is -2.35. The molecule has 0 atom stereocenters. The molecule has 0 aliphatic carbocycles. The highest BCUT2D eigenvalue weighted by Crippen LogP contribution is 2.27. The summed E-state index contributed by atoms with van der Waals surface area (Å²) in [5, 5.41) is 9.30. The minimum Gasteiger partial charge on any atom is -0.481 e. The van der Waals surface area contributed by atoms with Crippen LogP contribution in [-0.2, 0) is 0 Å². The smallest absolute Gasteiger partial charge is 0.215 e. The Morgan fingerprint density at radius 3 is 2.62 bits per heavy atom. The van der Waals surface area contributed by atoms with Crippen LogP contribution in [0.15, 0.2) is 12.1 Å². The quantitative estimate of drug-likeness (QED) is 0.796. The summed E-state index contributed by atoms with van der Waals surface area (Å²) >= 11 is 0. The van der Waals surface area contributed by atoms with Gasteiger partial charge in [-0.2, -0.15) is 4.98 Å². The van der Waals surface area contributed by atoms with Crippen molar-refractivity contribution in [3.8, 4) is 5.88 Å². The molecule has 0 unspecified atom stereocenters. The van der Waals surface area contributed by atoms with Gasteiger partial charge < -0.3 is 20.5 Å². The Hall–Kier alpha value is -1.49. The van der Waals surface area contributed by atoms with E-state index in [-0.39, 0.29) is 6.61 Å². The number of anilines is 2. The van der Waals surface area contributed by atoms with Crippen molar-refractivity contribution >= 4 is 11.5 Å². The summed E-state index contributed by atoms with van der Waals surface area (Å²) < 4.78 is 5.05. The van der Waals surface area contributed by atoms with Crippen LogP contribution in [0.25, 0.3) is 0 Å². The number of rotatable bonds is 4. The number of aliphatic hydroxyl groups is 1. The molecule has 3 N–H and O–H groups in total. The fourth-order valence-electron chi connectivity index (χ4n) is 1.22. The van der Waals surface area contributed by atoms with E-state index >= 15 is 0 Å². The topological polar surface area (TPSA) is 71.6 Å². The van der Waals surface area contributed by atoms with Gasteiger partial charge in [0.15, 0.2) is 5.82 Å². The largest absolute Gasteiger partial charge is 0.481 e. The van der Waals surface area contributed by atoms with Gasteiger partial charge in [-0.1, -0.05) is 0 Å². The summed E-state index contributed by atoms with van der Waals surface area (Å²) in [6.07, 6.45) is 0. The lowest BCUT2D eigenvalue weighted by atomic mass is 10.1. The van der Waals surface area contributed by atoms with Crippen molar-refractivity contribution in [3.63, 3.8) is 0 Å². The zero-order valence-corrected chi connectivity index (χ0v) is 10.2. The lowest BCUT2D eigenvalue weighted by molar-refractivity contribution is 0.215. The molecule has 1 heterocycles. The third-order valence-corrected chi connectivity index (χ3v) is 2.70. The standard InChI is InChI=1S/C11H19N3O2/c1-11(2,7-15)14(3)10-8(12)5-6-9(13-10)16-4/h5-6,15H,7,12H2,1-4H3. The van der Waals surface area contributed by atoms with Crippen molar-refractivity contribution in [3.05, 3.63) is 12.1 Å². The van der Waals surface area contributed by atoms with Crippen LogP contribution in [-0.4, -0.2) is 36.4 Å². The van der Waals surface area contributed by atoms with E-state index in [2.05, 4.69) is 4.98 Å². The summed E-state index contributed by atoms with van der Waals surface area (Å²) in [7, 11) is 3.40. The molecule has 0 amide bonds. The number of pyridine rings is 1. The number of aromatic nitrogens is 1. The third kappa shape index (κ3) is 2.36. The Balaban J connectivity index is 3.11. The number of methoxy groups -OCH3 is 1. The van der Waals surface area contributed by atoms with Gasteiger partial charge in [0.1, 0.15) is 0 Å². The van der Waals surface area contributed by atoms with Crippen molar-refractivity contribution < 1.29 is 9.84 Å². The molecule has 0 aliphatic heterocycles. The Labute approximate surface area is 95.8 Å². The zero-order valence-electron chi connectivity index (χ0n) is 10.2. The van der Waals surface area contributed by atoms with Gasteiger partial charge in [0.25, 0.3) is 0 Å². The van der Waals surface area contributed by atoms with Gasteiger partial charge in [-0.15, -0.1) is 0 Å². The molecule has 0 saturated heterocycles. The molecule has 1 aromatic rings. The average molecular weight is 225 g/mol. The maximum absolute atomic E-state index is 9.30. The van der Waals surface area contributed by atoms with E-state index in [4.69, 9.17) is 10.5 Å². The molecule has 0 saturated carbocycles. The Morgan fingerprint density at radius 2 is 2.12 bits per heavy atom. The second-order valence-electron chi connectivity index (χ2n) is 4.30. The van der Waals surface area contributed by atoms with E-state index in [0.29, 0.717) is 17.4 Å². The van der Waals surface area contributed by atoms with Gasteiger partial charge in [0, 0.05) is 13.1 Å². The molecule has 0 aromatic carbocycles. The first-order valence-corrected chi connectivity index (χ1v) is 5.07. The van der Waals surface area contributed by atoms with Gasteiger partial charge in [0.2, 0.25) is 5.88 Å². The monoisotopic (exact) mass is 225 g/mol. The highest BCUT2D eigenvalue weighted by molar-refractivity contribution is 5.64. The van der Waals surface area contributed by atoms with Crippen LogP contribution in [0.5, 0.6) is 5.88 Å². The number of likely N-dealkylation sites (N-methyl/N-ethyl adjacent to an activating group) is 1. The molecular formula is C11H19N3O2. The Bertz CT molecular complexity index is 366. The number of hydrogen-bond acceptors (Lipinski definition) is 5. The van der Waals surface area contributed by atoms with Gasteiger partial charge in [0.05, 0.1) is 24.9 Å². The fourth-order valence-corrected chi connectivity index (χ4v) is 1.22. The first-order valence-electron chi connectivity index (χ1n) is 5.07. The van der Waals surface area contributed by atoms with Crippen LogP contribution in [0.1, 0.15) is 13.8 Å². The predicted molar refractivity (Wildman–Crippen MR) is 64.8 cm³/mol. The second-order valence-corrected chi connectivity index (χ2v) is 4.30. The van der Waals surface area contributed by atoms with E-state index in [1.54, 1.807) is 19.2 Å². The Kier molecular flexibility index (Phi) is 3.59. The Morgan fingerprint density at radius 1 is 1.50 bits per heavy atom. The number of aliphatic hydroxyl groups excluding tert-OH is 1. The molecular weight excluding hydrogens is 206 g/mol. The second kappa shape index (κ2) is 4.57. The summed E-state index contributed by atoms with van der Waals surface area (Å²) in [6.45, 7) is 3.84. The van der Waals surface area contributed by atoms with Gasteiger partial charge in [-0.25, -0.2) is 0 Å². The van der Waals surface area contributed by atoms with Gasteiger partial charge in [-0.05, 0) is 19.9 Å². The maximum Gasteiger partial charge on any atom is 0.215 e. The van der Waals surface area contributed by atoms with Crippen LogP contribution in [0.3, 0.4) is 0 Å². The highest BCUT2D eigenvalue weighted by atomic mass is 16.5. The van der Waals surface area contributed by atoms with Crippen molar-refractivity contribution in [1.82, 2.24) is 4.98 Å².